The van der Waals surface area contributed by atoms with Crippen LogP contribution in [0.3, 0.4) is 0 Å². The molecule has 1 N–H and O–H groups in total. The van der Waals surface area contributed by atoms with E-state index in [9.17, 15) is 0 Å². The lowest BCUT2D eigenvalue weighted by molar-refractivity contribution is 0.142. The molecule has 0 spiro atoms. The van der Waals surface area contributed by atoms with E-state index in [1.165, 1.54) is 5.56 Å². The normalized spacial score (nSPS) is 14.6. The number of halogens is 1. The second-order valence-corrected chi connectivity index (χ2v) is 7.03. The van der Waals surface area contributed by atoms with Crippen LogP contribution in [0.2, 0.25) is 5.15 Å². The second kappa shape index (κ2) is 7.51. The molecule has 1 aromatic rings. The first-order chi connectivity index (χ1) is 8.61. The third kappa shape index (κ3) is 4.66. The fraction of sp³-hybridized carbons (Fsp3) is 0.667. The molecule has 19 heavy (non-hydrogen) atoms. The van der Waals surface area contributed by atoms with Crippen LogP contribution in [0.25, 0.3) is 0 Å². The third-order valence-electron chi connectivity index (χ3n) is 4.04. The predicted octanol–water partition coefficient (Wildman–Crippen LogP) is 4.75. The van der Waals surface area contributed by atoms with Crippen molar-refractivity contribution in [3.63, 3.8) is 0 Å². The van der Waals surface area contributed by atoms with E-state index in [-0.39, 0.29) is 10.8 Å². The van der Waals surface area contributed by atoms with E-state index >= 15 is 0 Å². The third-order valence-corrected chi connectivity index (χ3v) is 4.25. The van der Waals surface area contributed by atoms with Gasteiger partial charge in [-0.2, -0.15) is 0 Å². The summed E-state index contributed by atoms with van der Waals surface area (Å²) in [6.07, 6.45) is 1.80. The van der Waals surface area contributed by atoms with Crippen molar-refractivity contribution in [1.82, 2.24) is 9.71 Å². The summed E-state index contributed by atoms with van der Waals surface area (Å²) in [7, 11) is 1.74. The Morgan fingerprint density at radius 1 is 1.26 bits per heavy atom. The molecule has 0 fully saturated rings. The minimum Gasteiger partial charge on any atom is -0.270 e. The van der Waals surface area contributed by atoms with Crippen molar-refractivity contribution in [2.75, 3.05) is 7.05 Å². The Labute approximate surface area is 128 Å². The van der Waals surface area contributed by atoms with Gasteiger partial charge in [-0.3, -0.25) is 4.72 Å². The largest absolute Gasteiger partial charge is 0.270 e. The summed E-state index contributed by atoms with van der Waals surface area (Å²) in [6, 6.07) is 4.07. The molecule has 1 atom stereocenters. The fourth-order valence-electron chi connectivity index (χ4n) is 2.36. The molecular formula is C15H27ClN2S. The first kappa shape index (κ1) is 18.8. The number of rotatable bonds is 2. The summed E-state index contributed by atoms with van der Waals surface area (Å²) in [5.41, 5.74) is 1.56. The highest BCUT2D eigenvalue weighted by atomic mass is 35.5. The van der Waals surface area contributed by atoms with Gasteiger partial charge in [0.1, 0.15) is 5.15 Å². The highest BCUT2D eigenvalue weighted by Gasteiger charge is 2.41. The smallest absolute Gasteiger partial charge is 0.129 e. The molecule has 0 aromatic carbocycles. The summed E-state index contributed by atoms with van der Waals surface area (Å²) in [6.45, 7) is 13.7. The Morgan fingerprint density at radius 3 is 2.05 bits per heavy atom. The molecule has 0 amide bonds. The van der Waals surface area contributed by atoms with Crippen molar-refractivity contribution in [3.8, 4) is 0 Å². The average molecular weight is 303 g/mol. The van der Waals surface area contributed by atoms with Gasteiger partial charge in [0.2, 0.25) is 0 Å². The van der Waals surface area contributed by atoms with E-state index < -0.39 is 0 Å². The molecule has 1 rings (SSSR count). The standard InChI is InChI=1S/C14H22ClN.CH5NS/c1-10(2)14(6,13(3,4)5)11-7-8-16-12(15)9-11;1-2-3/h7-10H,1-6H3;2-3H,1H3. The van der Waals surface area contributed by atoms with Crippen LogP contribution in [-0.4, -0.2) is 12.0 Å². The van der Waals surface area contributed by atoms with Crippen molar-refractivity contribution < 1.29 is 0 Å². The molecular weight excluding hydrogens is 276 g/mol. The number of thiol groups is 1. The van der Waals surface area contributed by atoms with Gasteiger partial charge in [0.05, 0.1) is 0 Å². The molecule has 0 radical (unpaired) electrons. The lowest BCUT2D eigenvalue weighted by atomic mass is 9.58. The summed E-state index contributed by atoms with van der Waals surface area (Å²) < 4.78 is 2.44. The number of pyridine rings is 1. The van der Waals surface area contributed by atoms with E-state index in [1.807, 2.05) is 6.07 Å². The Bertz CT molecular complexity index is 388. The minimum atomic E-state index is 0.0968. The van der Waals surface area contributed by atoms with Gasteiger partial charge in [0, 0.05) is 6.20 Å². The van der Waals surface area contributed by atoms with Crippen molar-refractivity contribution in [3.05, 3.63) is 29.0 Å². The van der Waals surface area contributed by atoms with Crippen molar-refractivity contribution in [2.24, 2.45) is 11.3 Å². The number of nitrogens with one attached hydrogen (secondary N) is 1. The zero-order valence-electron chi connectivity index (χ0n) is 13.1. The second-order valence-electron chi connectivity index (χ2n) is 6.20. The number of aromatic nitrogens is 1. The van der Waals surface area contributed by atoms with Crippen LogP contribution in [0, 0.1) is 11.3 Å². The average Bonchev–Trinajstić information content (AvgIpc) is 2.27. The summed E-state index contributed by atoms with van der Waals surface area (Å²) in [5, 5.41) is 0.577. The first-order valence-electron chi connectivity index (χ1n) is 6.54. The quantitative estimate of drug-likeness (QED) is 0.609. The van der Waals surface area contributed by atoms with E-state index in [4.69, 9.17) is 11.6 Å². The molecule has 0 aliphatic heterocycles. The summed E-state index contributed by atoms with van der Waals surface area (Å²) >= 11 is 9.53. The molecule has 0 saturated heterocycles. The predicted molar refractivity (Wildman–Crippen MR) is 88.9 cm³/mol. The topological polar surface area (TPSA) is 24.9 Å². The van der Waals surface area contributed by atoms with E-state index in [1.54, 1.807) is 13.2 Å². The van der Waals surface area contributed by atoms with Crippen LogP contribution in [0.15, 0.2) is 18.3 Å². The molecule has 0 aliphatic carbocycles. The van der Waals surface area contributed by atoms with Gasteiger partial charge in [-0.15, -0.1) is 0 Å². The highest BCUT2D eigenvalue weighted by molar-refractivity contribution is 7.78. The molecule has 2 nitrogen and oxygen atoms in total. The Balaban J connectivity index is 0.000000982. The maximum absolute atomic E-state index is 5.99. The van der Waals surface area contributed by atoms with Gasteiger partial charge in [0.25, 0.3) is 0 Å². The lowest BCUT2D eigenvalue weighted by Crippen LogP contribution is -2.41. The molecule has 110 valence electrons. The maximum atomic E-state index is 5.99. The van der Waals surface area contributed by atoms with Crippen LogP contribution >= 0.6 is 24.4 Å². The zero-order valence-corrected chi connectivity index (χ0v) is 14.7. The van der Waals surface area contributed by atoms with Crippen molar-refractivity contribution in [1.29, 1.82) is 0 Å². The molecule has 4 heteroatoms. The van der Waals surface area contributed by atoms with Gasteiger partial charge in [-0.1, -0.05) is 66.0 Å². The first-order valence-corrected chi connectivity index (χ1v) is 7.36. The Kier molecular flexibility index (Phi) is 7.41. The van der Waals surface area contributed by atoms with Crippen molar-refractivity contribution in [2.45, 2.75) is 47.0 Å². The molecule has 0 bridgehead atoms. The van der Waals surface area contributed by atoms with Crippen molar-refractivity contribution >= 4 is 24.4 Å². The van der Waals surface area contributed by atoms with E-state index in [2.05, 4.69) is 70.1 Å². The number of hydrogen-bond acceptors (Lipinski definition) is 3. The molecule has 0 saturated carbocycles. The fourth-order valence-corrected chi connectivity index (χ4v) is 2.53. The lowest BCUT2D eigenvalue weighted by Gasteiger charge is -2.46. The molecule has 1 aromatic heterocycles. The van der Waals surface area contributed by atoms with Gasteiger partial charge < -0.3 is 0 Å². The van der Waals surface area contributed by atoms with Gasteiger partial charge >= 0.3 is 0 Å². The molecule has 1 unspecified atom stereocenters. The molecule has 1 heterocycles. The van der Waals surface area contributed by atoms with Gasteiger partial charge in [-0.05, 0) is 41.5 Å². The highest BCUT2D eigenvalue weighted by Crippen LogP contribution is 2.46. The number of hydrogen-bond donors (Lipinski definition) is 2. The van der Waals surface area contributed by atoms with E-state index in [0.29, 0.717) is 11.1 Å². The van der Waals surface area contributed by atoms with E-state index in [0.717, 1.165) is 0 Å². The molecule has 0 aliphatic rings. The summed E-state index contributed by atoms with van der Waals surface area (Å²) in [5.74, 6) is 0.547. The van der Waals surface area contributed by atoms with Crippen LogP contribution in [0.4, 0.5) is 0 Å². The van der Waals surface area contributed by atoms with Gasteiger partial charge in [-0.25, -0.2) is 4.98 Å². The SMILES string of the molecule is CC(C)C(C)(c1ccnc(Cl)c1)C(C)(C)C.CNS. The van der Waals surface area contributed by atoms with Crippen LogP contribution in [-0.2, 0) is 5.41 Å². The maximum Gasteiger partial charge on any atom is 0.129 e. The summed E-state index contributed by atoms with van der Waals surface area (Å²) in [4.78, 5) is 4.06. The Morgan fingerprint density at radius 2 is 1.74 bits per heavy atom. The minimum absolute atomic E-state index is 0.0968. The van der Waals surface area contributed by atoms with Crippen LogP contribution < -0.4 is 4.72 Å². The van der Waals surface area contributed by atoms with Crippen LogP contribution in [0.1, 0.15) is 47.1 Å². The number of nitrogens with zero attached hydrogens (tertiary/aromatic N) is 1. The van der Waals surface area contributed by atoms with Gasteiger partial charge in [0.15, 0.2) is 0 Å². The Hall–Kier alpha value is -0.250. The zero-order chi connectivity index (χ0) is 15.3. The monoisotopic (exact) mass is 302 g/mol. The van der Waals surface area contributed by atoms with Crippen LogP contribution in [0.5, 0.6) is 0 Å².